The highest BCUT2D eigenvalue weighted by Gasteiger charge is 2.19. The molecule has 2 aromatic rings. The molecule has 2 rings (SSSR count). The minimum atomic E-state index is -0.809. The topological polar surface area (TPSA) is 72.2 Å². The van der Waals surface area contributed by atoms with Gasteiger partial charge >= 0.3 is 0 Å². The van der Waals surface area contributed by atoms with Crippen molar-refractivity contribution in [1.82, 2.24) is 5.32 Å². The van der Waals surface area contributed by atoms with Crippen molar-refractivity contribution < 1.29 is 14.0 Å². The van der Waals surface area contributed by atoms with E-state index < -0.39 is 17.8 Å². The Kier molecular flexibility index (Phi) is 6.14. The minimum Gasteiger partial charge on any atom is -0.368 e. The number of carbonyl (C=O) groups is 2. The highest BCUT2D eigenvalue weighted by atomic mass is 19.1. The molecule has 0 aliphatic rings. The summed E-state index contributed by atoms with van der Waals surface area (Å²) in [6.07, 6.45) is 0.305. The summed E-state index contributed by atoms with van der Waals surface area (Å²) in [5.41, 5.74) is 8.12. The van der Waals surface area contributed by atoms with Gasteiger partial charge in [-0.25, -0.2) is 4.39 Å². The summed E-state index contributed by atoms with van der Waals surface area (Å²) in [5, 5.41) is 2.64. The molecule has 5 heteroatoms. The van der Waals surface area contributed by atoms with Crippen molar-refractivity contribution in [1.29, 1.82) is 0 Å². The first-order chi connectivity index (χ1) is 12.1. The van der Waals surface area contributed by atoms with Crippen LogP contribution in [0.4, 0.5) is 4.39 Å². The SMILES string of the molecule is CC(C)(C)c1ccc(C[C@H](NC(=O)Cc2cccc(F)c2)C(N)=O)cc1. The monoisotopic (exact) mass is 356 g/mol. The molecule has 2 aromatic carbocycles. The molecule has 1 atom stereocenters. The van der Waals surface area contributed by atoms with E-state index in [0.717, 1.165) is 5.56 Å². The highest BCUT2D eigenvalue weighted by molar-refractivity contribution is 5.87. The van der Waals surface area contributed by atoms with Crippen LogP contribution in [0, 0.1) is 5.82 Å². The number of hydrogen-bond acceptors (Lipinski definition) is 2. The summed E-state index contributed by atoms with van der Waals surface area (Å²) in [6.45, 7) is 6.38. The van der Waals surface area contributed by atoms with Gasteiger partial charge in [0.25, 0.3) is 0 Å². The van der Waals surface area contributed by atoms with Crippen LogP contribution in [0.3, 0.4) is 0 Å². The molecule has 0 fully saturated rings. The van der Waals surface area contributed by atoms with E-state index in [9.17, 15) is 14.0 Å². The lowest BCUT2D eigenvalue weighted by atomic mass is 9.86. The Bertz CT molecular complexity index is 779. The summed E-state index contributed by atoms with van der Waals surface area (Å²) in [7, 11) is 0. The van der Waals surface area contributed by atoms with Crippen LogP contribution >= 0.6 is 0 Å². The molecule has 138 valence electrons. The maximum atomic E-state index is 13.2. The number of nitrogens with one attached hydrogen (secondary N) is 1. The van der Waals surface area contributed by atoms with Crippen LogP contribution in [-0.4, -0.2) is 17.9 Å². The molecule has 0 aliphatic heterocycles. The maximum Gasteiger partial charge on any atom is 0.240 e. The number of hydrogen-bond donors (Lipinski definition) is 2. The van der Waals surface area contributed by atoms with Crippen molar-refractivity contribution in [2.45, 2.75) is 45.1 Å². The van der Waals surface area contributed by atoms with Gasteiger partial charge in [0.15, 0.2) is 0 Å². The van der Waals surface area contributed by atoms with Crippen molar-refractivity contribution in [3.8, 4) is 0 Å². The predicted octanol–water partition coefficient (Wildman–Crippen LogP) is 2.88. The van der Waals surface area contributed by atoms with Gasteiger partial charge in [0.1, 0.15) is 11.9 Å². The van der Waals surface area contributed by atoms with Gasteiger partial charge in [-0.15, -0.1) is 0 Å². The van der Waals surface area contributed by atoms with Crippen molar-refractivity contribution in [3.05, 3.63) is 71.0 Å². The number of halogens is 1. The molecule has 2 amide bonds. The van der Waals surface area contributed by atoms with E-state index in [0.29, 0.717) is 12.0 Å². The Labute approximate surface area is 153 Å². The number of primary amides is 1. The molecular weight excluding hydrogens is 331 g/mol. The van der Waals surface area contributed by atoms with Crippen molar-refractivity contribution in [2.75, 3.05) is 0 Å². The molecule has 0 spiro atoms. The molecule has 0 saturated carbocycles. The average molecular weight is 356 g/mol. The Balaban J connectivity index is 2.02. The number of benzene rings is 2. The van der Waals surface area contributed by atoms with Crippen molar-refractivity contribution in [3.63, 3.8) is 0 Å². The standard InChI is InChI=1S/C21H25FN2O2/c1-21(2,3)16-9-7-14(8-10-16)12-18(20(23)26)24-19(25)13-15-5-4-6-17(22)11-15/h4-11,18H,12-13H2,1-3H3,(H2,23,26)(H,24,25)/t18-/m0/s1. The molecule has 0 radical (unpaired) electrons. The molecule has 0 unspecified atom stereocenters. The number of nitrogens with two attached hydrogens (primary N) is 1. The van der Waals surface area contributed by atoms with Gasteiger partial charge in [-0.05, 0) is 34.2 Å². The molecule has 0 saturated heterocycles. The molecule has 26 heavy (non-hydrogen) atoms. The molecule has 4 nitrogen and oxygen atoms in total. The summed E-state index contributed by atoms with van der Waals surface area (Å²) in [4.78, 5) is 23.9. The van der Waals surface area contributed by atoms with Crippen LogP contribution in [0.2, 0.25) is 0 Å². The van der Waals surface area contributed by atoms with E-state index in [1.165, 1.54) is 17.7 Å². The van der Waals surface area contributed by atoms with Gasteiger partial charge in [-0.1, -0.05) is 57.2 Å². The first-order valence-electron chi connectivity index (χ1n) is 8.57. The quantitative estimate of drug-likeness (QED) is 0.835. The van der Waals surface area contributed by atoms with E-state index in [2.05, 4.69) is 26.1 Å². The van der Waals surface area contributed by atoms with Crippen LogP contribution < -0.4 is 11.1 Å². The fourth-order valence-electron chi connectivity index (χ4n) is 2.68. The Morgan fingerprint density at radius 2 is 1.73 bits per heavy atom. The third kappa shape index (κ3) is 5.69. The summed E-state index contributed by atoms with van der Waals surface area (Å²) in [5.74, 6) is -1.37. The molecule has 3 N–H and O–H groups in total. The van der Waals surface area contributed by atoms with E-state index >= 15 is 0 Å². The minimum absolute atomic E-state index is 0.00942. The molecule has 0 heterocycles. The first kappa shape index (κ1) is 19.6. The zero-order valence-electron chi connectivity index (χ0n) is 15.4. The predicted molar refractivity (Wildman–Crippen MR) is 100 cm³/mol. The number of carbonyl (C=O) groups excluding carboxylic acids is 2. The van der Waals surface area contributed by atoms with Gasteiger partial charge in [-0.2, -0.15) is 0 Å². The second-order valence-corrected chi connectivity index (χ2v) is 7.48. The maximum absolute atomic E-state index is 13.2. The van der Waals surface area contributed by atoms with Crippen molar-refractivity contribution >= 4 is 11.8 Å². The third-order valence-corrected chi connectivity index (χ3v) is 4.19. The summed E-state index contributed by atoms with van der Waals surface area (Å²) in [6, 6.07) is 12.9. The lowest BCUT2D eigenvalue weighted by molar-refractivity contribution is -0.127. The zero-order valence-corrected chi connectivity index (χ0v) is 15.4. The van der Waals surface area contributed by atoms with E-state index in [1.54, 1.807) is 12.1 Å². The van der Waals surface area contributed by atoms with Crippen LogP contribution in [0.15, 0.2) is 48.5 Å². The second kappa shape index (κ2) is 8.13. The largest absolute Gasteiger partial charge is 0.368 e. The van der Waals surface area contributed by atoms with Gasteiger partial charge in [0, 0.05) is 6.42 Å². The average Bonchev–Trinajstić information content (AvgIpc) is 2.53. The van der Waals surface area contributed by atoms with Crippen LogP contribution in [0.5, 0.6) is 0 Å². The van der Waals surface area contributed by atoms with Gasteiger partial charge in [-0.3, -0.25) is 9.59 Å². The van der Waals surface area contributed by atoms with E-state index in [4.69, 9.17) is 5.73 Å². The van der Waals surface area contributed by atoms with Crippen LogP contribution in [0.1, 0.15) is 37.5 Å². The summed E-state index contributed by atoms with van der Waals surface area (Å²) < 4.78 is 13.2. The van der Waals surface area contributed by atoms with E-state index in [-0.39, 0.29) is 17.7 Å². The first-order valence-corrected chi connectivity index (χ1v) is 8.57. The molecule has 0 aromatic heterocycles. The fraction of sp³-hybridized carbons (Fsp3) is 0.333. The lowest BCUT2D eigenvalue weighted by Gasteiger charge is -2.20. The van der Waals surface area contributed by atoms with Gasteiger partial charge < -0.3 is 11.1 Å². The smallest absolute Gasteiger partial charge is 0.240 e. The van der Waals surface area contributed by atoms with Gasteiger partial charge in [0.05, 0.1) is 6.42 Å². The van der Waals surface area contributed by atoms with Crippen molar-refractivity contribution in [2.24, 2.45) is 5.73 Å². The second-order valence-electron chi connectivity index (χ2n) is 7.48. The Morgan fingerprint density at radius 3 is 2.27 bits per heavy atom. The Morgan fingerprint density at radius 1 is 1.08 bits per heavy atom. The van der Waals surface area contributed by atoms with Gasteiger partial charge in [0.2, 0.25) is 11.8 Å². The number of amides is 2. The van der Waals surface area contributed by atoms with Crippen LogP contribution in [0.25, 0.3) is 0 Å². The molecule has 0 aliphatic carbocycles. The fourth-order valence-corrected chi connectivity index (χ4v) is 2.68. The lowest BCUT2D eigenvalue weighted by Crippen LogP contribution is -2.46. The molecular formula is C21H25FN2O2. The zero-order chi connectivity index (χ0) is 19.3. The number of rotatable bonds is 6. The van der Waals surface area contributed by atoms with Crippen LogP contribution in [-0.2, 0) is 27.8 Å². The highest BCUT2D eigenvalue weighted by Crippen LogP contribution is 2.22. The normalized spacial score (nSPS) is 12.5. The van der Waals surface area contributed by atoms with E-state index in [1.807, 2.05) is 24.3 Å². The molecule has 0 bridgehead atoms. The summed E-state index contributed by atoms with van der Waals surface area (Å²) >= 11 is 0. The third-order valence-electron chi connectivity index (χ3n) is 4.19. The Hall–Kier alpha value is -2.69.